The van der Waals surface area contributed by atoms with Gasteiger partial charge in [-0.05, 0) is 25.0 Å². The third-order valence-electron chi connectivity index (χ3n) is 2.24. The third kappa shape index (κ3) is 2.46. The van der Waals surface area contributed by atoms with Gasteiger partial charge in [-0.25, -0.2) is 0 Å². The van der Waals surface area contributed by atoms with E-state index in [1.165, 1.54) is 5.56 Å². The van der Waals surface area contributed by atoms with Crippen molar-refractivity contribution in [1.29, 1.82) is 0 Å². The van der Waals surface area contributed by atoms with Crippen molar-refractivity contribution in [1.82, 2.24) is 0 Å². The van der Waals surface area contributed by atoms with Crippen molar-refractivity contribution in [2.45, 2.75) is 32.7 Å². The lowest BCUT2D eigenvalue weighted by atomic mass is 9.99. The van der Waals surface area contributed by atoms with Crippen LogP contribution >= 0.6 is 0 Å². The molecule has 0 spiro atoms. The molecule has 13 heavy (non-hydrogen) atoms. The summed E-state index contributed by atoms with van der Waals surface area (Å²) < 4.78 is 0. The van der Waals surface area contributed by atoms with E-state index in [-0.39, 0.29) is 6.04 Å². The van der Waals surface area contributed by atoms with Crippen LogP contribution in [0.4, 0.5) is 5.69 Å². The molecule has 0 bridgehead atoms. The molecule has 1 atom stereocenters. The van der Waals surface area contributed by atoms with Crippen LogP contribution in [0.1, 0.15) is 36.9 Å². The topological polar surface area (TPSA) is 52.0 Å². The van der Waals surface area contributed by atoms with Crippen LogP contribution in [0.5, 0.6) is 0 Å². The number of anilines is 1. The second kappa shape index (κ2) is 4.28. The Labute approximate surface area is 79.9 Å². The minimum Gasteiger partial charge on any atom is -0.398 e. The minimum absolute atomic E-state index is 0.0879. The van der Waals surface area contributed by atoms with E-state index in [1.54, 1.807) is 0 Å². The molecule has 1 aromatic rings. The molecule has 0 fully saturated rings. The fourth-order valence-corrected chi connectivity index (χ4v) is 1.48. The highest BCUT2D eigenvalue weighted by Crippen LogP contribution is 2.22. The Balaban J connectivity index is 2.91. The van der Waals surface area contributed by atoms with Crippen LogP contribution in [-0.2, 0) is 0 Å². The second-order valence-electron chi connectivity index (χ2n) is 3.53. The lowest BCUT2D eigenvalue weighted by molar-refractivity contribution is 0.640. The molecule has 4 N–H and O–H groups in total. The summed E-state index contributed by atoms with van der Waals surface area (Å²) in [6.45, 7) is 4.19. The Morgan fingerprint density at radius 1 is 1.38 bits per heavy atom. The van der Waals surface area contributed by atoms with Gasteiger partial charge in [0.2, 0.25) is 0 Å². The summed E-state index contributed by atoms with van der Waals surface area (Å²) in [5.41, 5.74) is 15.0. The highest BCUT2D eigenvalue weighted by molar-refractivity contribution is 5.49. The molecule has 72 valence electrons. The zero-order valence-corrected chi connectivity index (χ0v) is 8.38. The molecule has 0 aliphatic heterocycles. The number of nitrogen functional groups attached to an aromatic ring is 1. The largest absolute Gasteiger partial charge is 0.398 e. The minimum atomic E-state index is 0.0879. The van der Waals surface area contributed by atoms with Crippen LogP contribution in [0.15, 0.2) is 18.2 Å². The molecule has 0 heterocycles. The smallest absolute Gasteiger partial charge is 0.0362 e. The van der Waals surface area contributed by atoms with Crippen molar-refractivity contribution in [2.24, 2.45) is 5.73 Å². The van der Waals surface area contributed by atoms with Gasteiger partial charge in [-0.2, -0.15) is 0 Å². The van der Waals surface area contributed by atoms with E-state index in [0.29, 0.717) is 0 Å². The second-order valence-corrected chi connectivity index (χ2v) is 3.53. The van der Waals surface area contributed by atoms with Crippen LogP contribution in [-0.4, -0.2) is 0 Å². The van der Waals surface area contributed by atoms with E-state index in [4.69, 9.17) is 11.5 Å². The van der Waals surface area contributed by atoms with E-state index >= 15 is 0 Å². The number of aryl methyl sites for hydroxylation is 1. The zero-order chi connectivity index (χ0) is 9.84. The van der Waals surface area contributed by atoms with Gasteiger partial charge < -0.3 is 11.5 Å². The Hall–Kier alpha value is -1.02. The Morgan fingerprint density at radius 2 is 2.08 bits per heavy atom. The average Bonchev–Trinajstić information content (AvgIpc) is 2.09. The third-order valence-corrected chi connectivity index (χ3v) is 2.24. The Bertz CT molecular complexity index is 281. The van der Waals surface area contributed by atoms with Crippen molar-refractivity contribution in [2.75, 3.05) is 5.73 Å². The van der Waals surface area contributed by atoms with E-state index in [2.05, 4.69) is 19.9 Å². The van der Waals surface area contributed by atoms with Crippen LogP contribution in [0.3, 0.4) is 0 Å². The fraction of sp³-hybridized carbons (Fsp3) is 0.455. The first kappa shape index (κ1) is 10.1. The van der Waals surface area contributed by atoms with Gasteiger partial charge in [0.25, 0.3) is 0 Å². The lowest BCUT2D eigenvalue weighted by Crippen LogP contribution is -2.12. The first-order valence-corrected chi connectivity index (χ1v) is 4.76. The molecule has 1 unspecified atom stereocenters. The summed E-state index contributed by atoms with van der Waals surface area (Å²) in [7, 11) is 0. The van der Waals surface area contributed by atoms with E-state index in [1.807, 2.05) is 12.1 Å². The van der Waals surface area contributed by atoms with Gasteiger partial charge in [-0.3, -0.25) is 0 Å². The maximum absolute atomic E-state index is 6.00. The molecule has 1 aromatic carbocycles. The predicted molar refractivity (Wildman–Crippen MR) is 57.4 cm³/mol. The molecule has 1 rings (SSSR count). The van der Waals surface area contributed by atoms with Crippen molar-refractivity contribution in [3.8, 4) is 0 Å². The summed E-state index contributed by atoms with van der Waals surface area (Å²) in [6.07, 6.45) is 2.09. The van der Waals surface area contributed by atoms with E-state index < -0.39 is 0 Å². The molecular formula is C11H18N2. The Morgan fingerprint density at radius 3 is 2.69 bits per heavy atom. The number of rotatable bonds is 3. The number of nitrogens with two attached hydrogens (primary N) is 2. The molecule has 0 radical (unpaired) electrons. The highest BCUT2D eigenvalue weighted by Gasteiger charge is 2.07. The molecule has 2 nitrogen and oxygen atoms in total. The maximum atomic E-state index is 6.00. The van der Waals surface area contributed by atoms with Gasteiger partial charge in [0.15, 0.2) is 0 Å². The maximum Gasteiger partial charge on any atom is 0.0362 e. The summed E-state index contributed by atoms with van der Waals surface area (Å²) in [5, 5.41) is 0. The molecule has 0 aromatic heterocycles. The van der Waals surface area contributed by atoms with Crippen molar-refractivity contribution in [3.63, 3.8) is 0 Å². The molecule has 0 saturated heterocycles. The van der Waals surface area contributed by atoms with Gasteiger partial charge >= 0.3 is 0 Å². The van der Waals surface area contributed by atoms with Gasteiger partial charge in [0, 0.05) is 11.7 Å². The van der Waals surface area contributed by atoms with Gasteiger partial charge in [-0.1, -0.05) is 31.0 Å². The van der Waals surface area contributed by atoms with Crippen LogP contribution in [0.2, 0.25) is 0 Å². The van der Waals surface area contributed by atoms with Crippen molar-refractivity contribution < 1.29 is 0 Å². The highest BCUT2D eigenvalue weighted by atomic mass is 14.7. The normalized spacial score (nSPS) is 12.8. The molecule has 0 saturated carbocycles. The fourth-order valence-electron chi connectivity index (χ4n) is 1.48. The molecular weight excluding hydrogens is 160 g/mol. The number of benzene rings is 1. The predicted octanol–water partition coefficient (Wildman–Crippen LogP) is 2.38. The van der Waals surface area contributed by atoms with Crippen LogP contribution < -0.4 is 11.5 Å². The zero-order valence-electron chi connectivity index (χ0n) is 8.38. The number of hydrogen-bond acceptors (Lipinski definition) is 2. The molecule has 0 amide bonds. The van der Waals surface area contributed by atoms with E-state index in [0.717, 1.165) is 24.1 Å². The SMILES string of the molecule is CCCC(N)c1cc(C)ccc1N. The first-order valence-electron chi connectivity index (χ1n) is 4.76. The van der Waals surface area contributed by atoms with Crippen molar-refractivity contribution in [3.05, 3.63) is 29.3 Å². The lowest BCUT2D eigenvalue weighted by Gasteiger charge is -2.13. The van der Waals surface area contributed by atoms with Gasteiger partial charge in [-0.15, -0.1) is 0 Å². The monoisotopic (exact) mass is 178 g/mol. The van der Waals surface area contributed by atoms with Crippen LogP contribution in [0.25, 0.3) is 0 Å². The molecule has 2 heteroatoms. The van der Waals surface area contributed by atoms with Gasteiger partial charge in [0.05, 0.1) is 0 Å². The summed E-state index contributed by atoms with van der Waals surface area (Å²) in [6, 6.07) is 6.11. The molecule has 0 aliphatic rings. The quantitative estimate of drug-likeness (QED) is 0.698. The average molecular weight is 178 g/mol. The van der Waals surface area contributed by atoms with Crippen molar-refractivity contribution >= 4 is 5.69 Å². The summed E-state index contributed by atoms with van der Waals surface area (Å²) in [4.78, 5) is 0. The standard InChI is InChI=1S/C11H18N2/c1-3-4-10(12)9-7-8(2)5-6-11(9)13/h5-7,10H,3-4,12-13H2,1-2H3. The molecule has 0 aliphatic carbocycles. The van der Waals surface area contributed by atoms with Gasteiger partial charge in [0.1, 0.15) is 0 Å². The summed E-state index contributed by atoms with van der Waals surface area (Å²) in [5.74, 6) is 0. The Kier molecular flexibility index (Phi) is 3.32. The van der Waals surface area contributed by atoms with Crippen LogP contribution in [0, 0.1) is 6.92 Å². The first-order chi connectivity index (χ1) is 6.15. The van der Waals surface area contributed by atoms with E-state index in [9.17, 15) is 0 Å². The summed E-state index contributed by atoms with van der Waals surface area (Å²) >= 11 is 0. The number of hydrogen-bond donors (Lipinski definition) is 2.